The zero-order valence-electron chi connectivity index (χ0n) is 12.2. The fourth-order valence-electron chi connectivity index (χ4n) is 2.26. The van der Waals surface area contributed by atoms with Gasteiger partial charge in [-0.3, -0.25) is 0 Å². The summed E-state index contributed by atoms with van der Waals surface area (Å²) in [5.41, 5.74) is 2.02. The SMILES string of the molecule is CCNc1cc(C2CC2)nc(-c2ccc(OC)c(Cl)c2)n1. The lowest BCUT2D eigenvalue weighted by molar-refractivity contribution is 0.415. The van der Waals surface area contributed by atoms with E-state index in [0.717, 1.165) is 23.6 Å². The summed E-state index contributed by atoms with van der Waals surface area (Å²) in [7, 11) is 1.61. The number of rotatable bonds is 5. The quantitative estimate of drug-likeness (QED) is 0.903. The predicted molar refractivity (Wildman–Crippen MR) is 85.2 cm³/mol. The minimum absolute atomic E-state index is 0.570. The van der Waals surface area contributed by atoms with Crippen molar-refractivity contribution in [1.82, 2.24) is 9.97 Å². The van der Waals surface area contributed by atoms with Crippen molar-refractivity contribution in [3.8, 4) is 17.1 Å². The van der Waals surface area contributed by atoms with Gasteiger partial charge in [-0.1, -0.05) is 11.6 Å². The van der Waals surface area contributed by atoms with Crippen LogP contribution in [0.5, 0.6) is 5.75 Å². The molecule has 1 heterocycles. The maximum Gasteiger partial charge on any atom is 0.161 e. The van der Waals surface area contributed by atoms with Gasteiger partial charge in [-0.05, 0) is 38.0 Å². The van der Waals surface area contributed by atoms with Crippen LogP contribution in [0.25, 0.3) is 11.4 Å². The summed E-state index contributed by atoms with van der Waals surface area (Å²) in [5, 5.41) is 3.84. The monoisotopic (exact) mass is 303 g/mol. The molecule has 1 aliphatic carbocycles. The Kier molecular flexibility index (Phi) is 3.97. The molecule has 0 radical (unpaired) electrons. The van der Waals surface area contributed by atoms with Crippen molar-refractivity contribution in [3.63, 3.8) is 0 Å². The molecule has 21 heavy (non-hydrogen) atoms. The topological polar surface area (TPSA) is 47.0 Å². The largest absolute Gasteiger partial charge is 0.495 e. The van der Waals surface area contributed by atoms with E-state index in [1.54, 1.807) is 7.11 Å². The van der Waals surface area contributed by atoms with Gasteiger partial charge in [-0.25, -0.2) is 9.97 Å². The minimum Gasteiger partial charge on any atom is -0.495 e. The second-order valence-electron chi connectivity index (χ2n) is 5.16. The van der Waals surface area contributed by atoms with Gasteiger partial charge in [0.2, 0.25) is 0 Å². The lowest BCUT2D eigenvalue weighted by atomic mass is 10.2. The third-order valence-electron chi connectivity index (χ3n) is 3.51. The predicted octanol–water partition coefficient (Wildman–Crippen LogP) is 4.11. The van der Waals surface area contributed by atoms with E-state index in [9.17, 15) is 0 Å². The molecule has 4 nitrogen and oxygen atoms in total. The molecule has 1 aromatic carbocycles. The van der Waals surface area contributed by atoms with Gasteiger partial charge < -0.3 is 10.1 Å². The lowest BCUT2D eigenvalue weighted by Gasteiger charge is -2.10. The smallest absolute Gasteiger partial charge is 0.161 e. The molecule has 1 aliphatic rings. The number of nitrogens with zero attached hydrogens (tertiary/aromatic N) is 2. The van der Waals surface area contributed by atoms with Crippen molar-refractivity contribution in [2.45, 2.75) is 25.7 Å². The van der Waals surface area contributed by atoms with Gasteiger partial charge in [0, 0.05) is 29.8 Å². The van der Waals surface area contributed by atoms with Gasteiger partial charge in [0.05, 0.1) is 12.1 Å². The highest BCUT2D eigenvalue weighted by atomic mass is 35.5. The van der Waals surface area contributed by atoms with Gasteiger partial charge in [-0.15, -0.1) is 0 Å². The van der Waals surface area contributed by atoms with Crippen molar-refractivity contribution in [3.05, 3.63) is 35.0 Å². The highest BCUT2D eigenvalue weighted by Crippen LogP contribution is 2.40. The molecule has 0 unspecified atom stereocenters. The van der Waals surface area contributed by atoms with Crippen LogP contribution >= 0.6 is 11.6 Å². The summed E-state index contributed by atoms with van der Waals surface area (Å²) in [6, 6.07) is 7.68. The third-order valence-corrected chi connectivity index (χ3v) is 3.80. The highest BCUT2D eigenvalue weighted by molar-refractivity contribution is 6.32. The van der Waals surface area contributed by atoms with E-state index in [-0.39, 0.29) is 0 Å². The van der Waals surface area contributed by atoms with E-state index in [1.165, 1.54) is 12.8 Å². The molecule has 1 saturated carbocycles. The summed E-state index contributed by atoms with van der Waals surface area (Å²) in [4.78, 5) is 9.27. The van der Waals surface area contributed by atoms with Crippen LogP contribution in [0.1, 0.15) is 31.4 Å². The summed E-state index contributed by atoms with van der Waals surface area (Å²) in [5.74, 6) is 2.82. The van der Waals surface area contributed by atoms with Crippen LogP contribution in [-0.2, 0) is 0 Å². The van der Waals surface area contributed by atoms with Crippen molar-refractivity contribution in [2.24, 2.45) is 0 Å². The van der Waals surface area contributed by atoms with E-state index >= 15 is 0 Å². The summed E-state index contributed by atoms with van der Waals surface area (Å²) in [6.45, 7) is 2.90. The van der Waals surface area contributed by atoms with Crippen LogP contribution in [0, 0.1) is 0 Å². The number of ether oxygens (including phenoxy) is 1. The summed E-state index contributed by atoms with van der Waals surface area (Å²) in [6.07, 6.45) is 2.43. The van der Waals surface area contributed by atoms with Crippen LogP contribution in [0.15, 0.2) is 24.3 Å². The standard InChI is InChI=1S/C16H18ClN3O/c1-3-18-15-9-13(10-4-5-10)19-16(20-15)11-6-7-14(21-2)12(17)8-11/h6-10H,3-5H2,1-2H3,(H,18,19,20). The summed E-state index contributed by atoms with van der Waals surface area (Å²) >= 11 is 6.20. The molecule has 0 atom stereocenters. The number of methoxy groups -OCH3 is 1. The number of nitrogens with one attached hydrogen (secondary N) is 1. The minimum atomic E-state index is 0.570. The van der Waals surface area contributed by atoms with Gasteiger partial charge >= 0.3 is 0 Å². The first kappa shape index (κ1) is 14.1. The second kappa shape index (κ2) is 5.90. The molecule has 0 amide bonds. The van der Waals surface area contributed by atoms with Gasteiger partial charge in [0.25, 0.3) is 0 Å². The van der Waals surface area contributed by atoms with E-state index in [0.29, 0.717) is 22.5 Å². The van der Waals surface area contributed by atoms with E-state index in [4.69, 9.17) is 21.3 Å². The maximum absolute atomic E-state index is 6.20. The fourth-order valence-corrected chi connectivity index (χ4v) is 2.52. The second-order valence-corrected chi connectivity index (χ2v) is 5.56. The molecule has 1 N–H and O–H groups in total. The Morgan fingerprint density at radius 2 is 2.10 bits per heavy atom. The molecule has 110 valence electrons. The number of hydrogen-bond acceptors (Lipinski definition) is 4. The Hall–Kier alpha value is -1.81. The molecule has 5 heteroatoms. The van der Waals surface area contributed by atoms with Crippen molar-refractivity contribution >= 4 is 17.4 Å². The normalized spacial score (nSPS) is 14.0. The van der Waals surface area contributed by atoms with Crippen LogP contribution < -0.4 is 10.1 Å². The van der Waals surface area contributed by atoms with Crippen LogP contribution in [0.4, 0.5) is 5.82 Å². The van der Waals surface area contributed by atoms with Crippen molar-refractivity contribution in [1.29, 1.82) is 0 Å². The Morgan fingerprint density at radius 3 is 2.71 bits per heavy atom. The molecule has 3 rings (SSSR count). The number of halogens is 1. The number of hydrogen-bond donors (Lipinski definition) is 1. The molecule has 0 aliphatic heterocycles. The van der Waals surface area contributed by atoms with Crippen molar-refractivity contribution in [2.75, 3.05) is 19.0 Å². The first-order chi connectivity index (χ1) is 10.2. The fraction of sp³-hybridized carbons (Fsp3) is 0.375. The zero-order valence-corrected chi connectivity index (χ0v) is 12.9. The molecular weight excluding hydrogens is 286 g/mol. The lowest BCUT2D eigenvalue weighted by Crippen LogP contribution is -2.03. The number of anilines is 1. The van der Waals surface area contributed by atoms with Crippen LogP contribution in [0.3, 0.4) is 0 Å². The van der Waals surface area contributed by atoms with Crippen molar-refractivity contribution < 1.29 is 4.74 Å². The van der Waals surface area contributed by atoms with Gasteiger partial charge in [-0.2, -0.15) is 0 Å². The third kappa shape index (κ3) is 3.10. The number of benzene rings is 1. The number of aromatic nitrogens is 2. The first-order valence-corrected chi connectivity index (χ1v) is 7.55. The Labute approximate surface area is 129 Å². The molecule has 1 fully saturated rings. The Bertz CT molecular complexity index is 656. The van der Waals surface area contributed by atoms with E-state index in [1.807, 2.05) is 18.2 Å². The first-order valence-electron chi connectivity index (χ1n) is 7.18. The maximum atomic E-state index is 6.20. The zero-order chi connectivity index (χ0) is 14.8. The van der Waals surface area contributed by atoms with Crippen LogP contribution in [-0.4, -0.2) is 23.6 Å². The summed E-state index contributed by atoms with van der Waals surface area (Å²) < 4.78 is 5.18. The highest BCUT2D eigenvalue weighted by Gasteiger charge is 2.26. The van der Waals surface area contributed by atoms with Crippen LogP contribution in [0.2, 0.25) is 5.02 Å². The average molecular weight is 304 g/mol. The average Bonchev–Trinajstić information content (AvgIpc) is 3.32. The molecule has 2 aromatic rings. The Morgan fingerprint density at radius 1 is 1.29 bits per heavy atom. The molecular formula is C16H18ClN3O. The van der Waals surface area contributed by atoms with E-state index in [2.05, 4.69) is 23.3 Å². The van der Waals surface area contributed by atoms with Gasteiger partial charge in [0.15, 0.2) is 5.82 Å². The molecule has 0 saturated heterocycles. The molecule has 1 aromatic heterocycles. The van der Waals surface area contributed by atoms with Gasteiger partial charge in [0.1, 0.15) is 11.6 Å². The van der Waals surface area contributed by atoms with E-state index < -0.39 is 0 Å². The molecule has 0 bridgehead atoms. The Balaban J connectivity index is 2.01. The molecule has 0 spiro atoms.